The zero-order chi connectivity index (χ0) is 19.1. The van der Waals surface area contributed by atoms with E-state index in [0.29, 0.717) is 11.3 Å². The fourth-order valence-corrected chi connectivity index (χ4v) is 2.86. The summed E-state index contributed by atoms with van der Waals surface area (Å²) in [4.78, 5) is 12.5. The molecular formula is C23H22O4. The zero-order valence-corrected chi connectivity index (χ0v) is 15.2. The highest BCUT2D eigenvalue weighted by atomic mass is 16.5. The highest BCUT2D eigenvalue weighted by Crippen LogP contribution is 2.30. The van der Waals surface area contributed by atoms with E-state index in [-0.39, 0.29) is 13.0 Å². The molecule has 0 aliphatic heterocycles. The summed E-state index contributed by atoms with van der Waals surface area (Å²) >= 11 is 0. The first-order valence-corrected chi connectivity index (χ1v) is 8.89. The Kier molecular flexibility index (Phi) is 5.89. The van der Waals surface area contributed by atoms with Crippen LogP contribution in [0.15, 0.2) is 84.9 Å². The molecule has 0 bridgehead atoms. The van der Waals surface area contributed by atoms with Gasteiger partial charge in [0.25, 0.3) is 0 Å². The first-order chi connectivity index (χ1) is 13.1. The Morgan fingerprint density at radius 3 is 2.00 bits per heavy atom. The van der Waals surface area contributed by atoms with E-state index in [2.05, 4.69) is 0 Å². The molecule has 27 heavy (non-hydrogen) atoms. The lowest BCUT2D eigenvalue weighted by molar-refractivity contribution is -0.166. The summed E-state index contributed by atoms with van der Waals surface area (Å²) < 4.78 is 10.9. The molecule has 0 spiro atoms. The summed E-state index contributed by atoms with van der Waals surface area (Å²) in [6.07, 6.45) is 0.131. The number of carbonyl (C=O) groups excluding carboxylic acids is 1. The standard InChI is InChI=1S/C23H22O4/c1-2-26-22(24)23(25,17-18-9-5-3-6-10-18)19-13-15-21(16-14-19)27-20-11-7-4-8-12-20/h3-16,25H,2,17H2,1H3. The highest BCUT2D eigenvalue weighted by molar-refractivity contribution is 5.81. The fraction of sp³-hybridized carbons (Fsp3) is 0.174. The van der Waals surface area contributed by atoms with E-state index in [1.165, 1.54) is 0 Å². The third-order valence-corrected chi connectivity index (χ3v) is 4.23. The van der Waals surface area contributed by atoms with Gasteiger partial charge < -0.3 is 14.6 Å². The van der Waals surface area contributed by atoms with Crippen LogP contribution in [0.1, 0.15) is 18.1 Å². The Labute approximate surface area is 159 Å². The van der Waals surface area contributed by atoms with Gasteiger partial charge in [-0.3, -0.25) is 0 Å². The number of hydrogen-bond acceptors (Lipinski definition) is 4. The molecule has 4 nitrogen and oxygen atoms in total. The number of benzene rings is 3. The molecule has 4 heteroatoms. The van der Waals surface area contributed by atoms with Gasteiger partial charge in [-0.15, -0.1) is 0 Å². The first-order valence-electron chi connectivity index (χ1n) is 8.89. The lowest BCUT2D eigenvalue weighted by atomic mass is 9.87. The number of hydrogen-bond donors (Lipinski definition) is 1. The Morgan fingerprint density at radius 2 is 1.41 bits per heavy atom. The Hall–Kier alpha value is -3.11. The van der Waals surface area contributed by atoms with Crippen molar-refractivity contribution in [1.29, 1.82) is 0 Å². The molecule has 0 aliphatic carbocycles. The quantitative estimate of drug-likeness (QED) is 0.630. The summed E-state index contributed by atoms with van der Waals surface area (Å²) in [5.74, 6) is 0.677. The molecule has 1 unspecified atom stereocenters. The van der Waals surface area contributed by atoms with Crippen molar-refractivity contribution >= 4 is 5.97 Å². The number of esters is 1. The Morgan fingerprint density at radius 1 is 0.852 bits per heavy atom. The molecule has 0 aromatic heterocycles. The minimum Gasteiger partial charge on any atom is -0.464 e. The normalized spacial score (nSPS) is 12.8. The van der Waals surface area contributed by atoms with Crippen LogP contribution in [0, 0.1) is 0 Å². The molecule has 138 valence electrons. The van der Waals surface area contributed by atoms with Crippen molar-refractivity contribution in [2.75, 3.05) is 6.61 Å². The highest BCUT2D eigenvalue weighted by Gasteiger charge is 2.39. The van der Waals surface area contributed by atoms with E-state index >= 15 is 0 Å². The fourth-order valence-electron chi connectivity index (χ4n) is 2.86. The van der Waals surface area contributed by atoms with E-state index in [4.69, 9.17) is 9.47 Å². The topological polar surface area (TPSA) is 55.8 Å². The second-order valence-corrected chi connectivity index (χ2v) is 6.18. The molecule has 0 heterocycles. The van der Waals surface area contributed by atoms with Crippen molar-refractivity contribution in [3.63, 3.8) is 0 Å². The van der Waals surface area contributed by atoms with E-state index < -0.39 is 11.6 Å². The van der Waals surface area contributed by atoms with Crippen LogP contribution in [0.3, 0.4) is 0 Å². The molecule has 0 aliphatic rings. The molecule has 3 aromatic rings. The summed E-state index contributed by atoms with van der Waals surface area (Å²) in [5.41, 5.74) is -0.453. The lowest BCUT2D eigenvalue weighted by Gasteiger charge is -2.26. The Bertz CT molecular complexity index is 860. The Balaban J connectivity index is 1.86. The van der Waals surface area contributed by atoms with Gasteiger partial charge in [0.05, 0.1) is 6.61 Å². The summed E-state index contributed by atoms with van der Waals surface area (Å²) in [6, 6.07) is 25.7. The van der Waals surface area contributed by atoms with Gasteiger partial charge >= 0.3 is 5.97 Å². The number of aliphatic hydroxyl groups is 1. The van der Waals surface area contributed by atoms with Gasteiger partial charge in [-0.05, 0) is 42.3 Å². The summed E-state index contributed by atoms with van der Waals surface area (Å²) in [5, 5.41) is 11.2. The third kappa shape index (κ3) is 4.54. The number of rotatable bonds is 7. The van der Waals surface area contributed by atoms with Crippen LogP contribution >= 0.6 is 0 Å². The van der Waals surface area contributed by atoms with Crippen LogP contribution in [-0.4, -0.2) is 17.7 Å². The van der Waals surface area contributed by atoms with E-state index in [9.17, 15) is 9.90 Å². The van der Waals surface area contributed by atoms with Crippen LogP contribution in [0.5, 0.6) is 11.5 Å². The molecular weight excluding hydrogens is 340 g/mol. The van der Waals surface area contributed by atoms with Crippen molar-refractivity contribution in [2.24, 2.45) is 0 Å². The monoisotopic (exact) mass is 362 g/mol. The van der Waals surface area contributed by atoms with Crippen LogP contribution in [0.4, 0.5) is 0 Å². The van der Waals surface area contributed by atoms with Crippen molar-refractivity contribution in [2.45, 2.75) is 18.9 Å². The largest absolute Gasteiger partial charge is 0.464 e. The number of para-hydroxylation sites is 1. The summed E-state index contributed by atoms with van der Waals surface area (Å²) in [7, 11) is 0. The van der Waals surface area contributed by atoms with Gasteiger partial charge in [0.2, 0.25) is 0 Å². The second-order valence-electron chi connectivity index (χ2n) is 6.18. The van der Waals surface area contributed by atoms with E-state index in [1.54, 1.807) is 31.2 Å². The molecule has 3 aromatic carbocycles. The minimum atomic E-state index is -1.76. The predicted octanol–water partition coefficient (Wildman–Crippen LogP) is 4.47. The average molecular weight is 362 g/mol. The van der Waals surface area contributed by atoms with Crippen molar-refractivity contribution < 1.29 is 19.4 Å². The van der Waals surface area contributed by atoms with Gasteiger partial charge in [0, 0.05) is 6.42 Å². The molecule has 1 N–H and O–H groups in total. The number of carbonyl (C=O) groups is 1. The molecule has 0 radical (unpaired) electrons. The van der Waals surface area contributed by atoms with Crippen molar-refractivity contribution in [1.82, 2.24) is 0 Å². The minimum absolute atomic E-state index is 0.131. The summed E-state index contributed by atoms with van der Waals surface area (Å²) in [6.45, 7) is 1.92. The number of ether oxygens (including phenoxy) is 2. The van der Waals surface area contributed by atoms with Gasteiger partial charge in [-0.25, -0.2) is 4.79 Å². The van der Waals surface area contributed by atoms with Crippen molar-refractivity contribution in [3.05, 3.63) is 96.1 Å². The smallest absolute Gasteiger partial charge is 0.343 e. The second kappa shape index (κ2) is 8.52. The van der Waals surface area contributed by atoms with Crippen LogP contribution in [0.2, 0.25) is 0 Å². The maximum atomic E-state index is 12.5. The van der Waals surface area contributed by atoms with Gasteiger partial charge in [0.1, 0.15) is 11.5 Å². The molecule has 0 saturated carbocycles. The van der Waals surface area contributed by atoms with Gasteiger partial charge in [-0.2, -0.15) is 0 Å². The van der Waals surface area contributed by atoms with Crippen LogP contribution in [-0.2, 0) is 21.6 Å². The van der Waals surface area contributed by atoms with Crippen LogP contribution in [0.25, 0.3) is 0 Å². The van der Waals surface area contributed by atoms with Gasteiger partial charge in [-0.1, -0.05) is 60.7 Å². The van der Waals surface area contributed by atoms with Gasteiger partial charge in [0.15, 0.2) is 5.60 Å². The molecule has 0 fully saturated rings. The third-order valence-electron chi connectivity index (χ3n) is 4.23. The molecule has 1 atom stereocenters. The predicted molar refractivity (Wildman–Crippen MR) is 104 cm³/mol. The van der Waals surface area contributed by atoms with E-state index in [1.807, 2.05) is 60.7 Å². The molecule has 0 amide bonds. The zero-order valence-electron chi connectivity index (χ0n) is 15.2. The van der Waals surface area contributed by atoms with Crippen LogP contribution < -0.4 is 4.74 Å². The average Bonchev–Trinajstić information content (AvgIpc) is 2.70. The molecule has 0 saturated heterocycles. The van der Waals surface area contributed by atoms with Crippen molar-refractivity contribution in [3.8, 4) is 11.5 Å². The maximum Gasteiger partial charge on any atom is 0.343 e. The first kappa shape index (κ1) is 18.7. The maximum absolute atomic E-state index is 12.5. The lowest BCUT2D eigenvalue weighted by Crippen LogP contribution is -2.39. The SMILES string of the molecule is CCOC(=O)C(O)(Cc1ccccc1)c1ccc(Oc2ccccc2)cc1. The molecule has 3 rings (SSSR count). The van der Waals surface area contributed by atoms with E-state index in [0.717, 1.165) is 11.3 Å².